The summed E-state index contributed by atoms with van der Waals surface area (Å²) < 4.78 is 29.8. The number of hydrogen-bond acceptors (Lipinski definition) is 3. The van der Waals surface area contributed by atoms with Crippen molar-refractivity contribution in [1.82, 2.24) is 0 Å². The van der Waals surface area contributed by atoms with Crippen molar-refractivity contribution in [2.24, 2.45) is 5.92 Å². The molecule has 0 aliphatic heterocycles. The van der Waals surface area contributed by atoms with Crippen molar-refractivity contribution >= 4 is 25.1 Å². The molecule has 0 saturated heterocycles. The van der Waals surface area contributed by atoms with Gasteiger partial charge in [-0.2, -0.15) is 0 Å². The van der Waals surface area contributed by atoms with E-state index >= 15 is 0 Å². The number of benzene rings is 1. The van der Waals surface area contributed by atoms with E-state index in [0.717, 1.165) is 5.30 Å². The van der Waals surface area contributed by atoms with Crippen molar-refractivity contribution in [2.45, 2.75) is 13.8 Å². The average molecular weight is 288 g/mol. The molecule has 0 amide bonds. The van der Waals surface area contributed by atoms with Crippen molar-refractivity contribution in [3.05, 3.63) is 24.3 Å². The van der Waals surface area contributed by atoms with E-state index in [1.807, 2.05) is 13.8 Å². The lowest BCUT2D eigenvalue weighted by Gasteiger charge is -2.16. The van der Waals surface area contributed by atoms with Crippen molar-refractivity contribution < 1.29 is 13.7 Å². The number of rotatable bonds is 5. The summed E-state index contributed by atoms with van der Waals surface area (Å²) in [5.41, 5.74) is 0. The Morgan fingerprint density at radius 2 is 1.44 bits per heavy atom. The highest BCUT2D eigenvalue weighted by Crippen LogP contribution is 2.42. The molecule has 1 aromatic rings. The molecule has 1 atom stereocenters. The molecule has 0 aromatic heterocycles. The maximum Gasteiger partial charge on any atom is 0.229 e. The van der Waals surface area contributed by atoms with Crippen molar-refractivity contribution in [2.75, 3.05) is 26.6 Å². The van der Waals surface area contributed by atoms with Gasteiger partial charge in [-0.15, -0.1) is 0 Å². The minimum Gasteiger partial charge on any atom is -0.325 e. The Bertz CT molecular complexity index is 485. The van der Waals surface area contributed by atoms with Gasteiger partial charge in [-0.05, 0) is 31.4 Å². The van der Waals surface area contributed by atoms with Crippen LogP contribution in [0.3, 0.4) is 0 Å². The Kier molecular flexibility index (Phi) is 5.00. The molecule has 0 spiro atoms. The molecule has 0 N–H and O–H groups in total. The molecule has 3 nitrogen and oxygen atoms in total. The molecule has 5 heteroatoms. The smallest absolute Gasteiger partial charge is 0.229 e. The lowest BCUT2D eigenvalue weighted by atomic mass is 10.2. The summed E-state index contributed by atoms with van der Waals surface area (Å²) in [5, 5.41) is 1.48. The molecule has 0 saturated carbocycles. The Balaban J connectivity index is 2.91. The summed E-state index contributed by atoms with van der Waals surface area (Å²) in [4.78, 5) is 0. The highest BCUT2D eigenvalue weighted by atomic mass is 31.2. The topological polar surface area (TPSA) is 43.4 Å². The zero-order valence-corrected chi connectivity index (χ0v) is 13.5. The van der Waals surface area contributed by atoms with E-state index in [-0.39, 0.29) is 0 Å². The molecule has 0 aliphatic rings. The van der Waals surface area contributed by atoms with Gasteiger partial charge in [0.05, 0.1) is 6.61 Å². The van der Waals surface area contributed by atoms with Gasteiger partial charge in [0.2, 0.25) is 7.37 Å². The van der Waals surface area contributed by atoms with E-state index < -0.39 is 14.5 Å². The molecule has 1 rings (SSSR count). The van der Waals surface area contributed by atoms with Gasteiger partial charge >= 0.3 is 0 Å². The van der Waals surface area contributed by atoms with Crippen LogP contribution in [0, 0.1) is 5.92 Å². The van der Waals surface area contributed by atoms with Gasteiger partial charge < -0.3 is 9.09 Å². The van der Waals surface area contributed by atoms with Crippen molar-refractivity contribution in [3.8, 4) is 0 Å². The summed E-state index contributed by atoms with van der Waals surface area (Å²) in [7, 11) is -5.01. The van der Waals surface area contributed by atoms with Gasteiger partial charge in [-0.3, -0.25) is 4.57 Å². The van der Waals surface area contributed by atoms with Crippen LogP contribution in [-0.2, 0) is 13.7 Å². The maximum atomic E-state index is 12.4. The fourth-order valence-electron chi connectivity index (χ4n) is 1.45. The Labute approximate surface area is 110 Å². The Hall–Kier alpha value is -0.360. The first-order valence-corrected chi connectivity index (χ1v) is 10.7. The third-order valence-corrected chi connectivity index (χ3v) is 6.01. The lowest BCUT2D eigenvalue weighted by molar-refractivity contribution is 0.278. The van der Waals surface area contributed by atoms with E-state index in [1.54, 1.807) is 44.3 Å². The second kappa shape index (κ2) is 5.74. The summed E-state index contributed by atoms with van der Waals surface area (Å²) >= 11 is 0. The Morgan fingerprint density at radius 1 is 1.00 bits per heavy atom. The van der Waals surface area contributed by atoms with Gasteiger partial charge in [-0.25, -0.2) is 0 Å². The molecule has 0 fully saturated rings. The molecular weight excluding hydrogens is 266 g/mol. The highest BCUT2D eigenvalue weighted by Gasteiger charge is 2.20. The first-order valence-electron chi connectivity index (χ1n) is 6.01. The molecule has 0 aliphatic carbocycles. The zero-order chi connectivity index (χ0) is 14.0. The molecule has 1 aromatic carbocycles. The second-order valence-corrected chi connectivity index (χ2v) is 11.1. The minimum atomic E-state index is -2.76. The van der Waals surface area contributed by atoms with Crippen molar-refractivity contribution in [1.29, 1.82) is 0 Å². The summed E-state index contributed by atoms with van der Waals surface area (Å²) in [6.45, 7) is 9.60. The molecule has 18 heavy (non-hydrogen) atoms. The molecule has 0 radical (unpaired) electrons. The lowest BCUT2D eigenvalue weighted by Crippen LogP contribution is -2.12. The third-order valence-electron chi connectivity index (χ3n) is 2.59. The van der Waals surface area contributed by atoms with Gasteiger partial charge in [0.15, 0.2) is 0 Å². The highest BCUT2D eigenvalue weighted by molar-refractivity contribution is 7.70. The Morgan fingerprint density at radius 3 is 1.83 bits per heavy atom. The van der Waals surface area contributed by atoms with E-state index in [9.17, 15) is 9.13 Å². The predicted octanol–water partition coefficient (Wildman–Crippen LogP) is 3.14. The molecular formula is C13H22O3P2. The van der Waals surface area contributed by atoms with Crippen LogP contribution in [0.1, 0.15) is 13.8 Å². The van der Waals surface area contributed by atoms with Gasteiger partial charge in [-0.1, -0.05) is 26.0 Å². The van der Waals surface area contributed by atoms with Crippen LogP contribution >= 0.6 is 14.5 Å². The second-order valence-electron chi connectivity index (χ2n) is 5.40. The quantitative estimate of drug-likeness (QED) is 0.782. The molecule has 1 unspecified atom stereocenters. The van der Waals surface area contributed by atoms with Crippen LogP contribution in [0.5, 0.6) is 0 Å². The van der Waals surface area contributed by atoms with Crippen LogP contribution < -0.4 is 10.6 Å². The van der Waals surface area contributed by atoms with Crippen LogP contribution in [0.2, 0.25) is 0 Å². The minimum absolute atomic E-state index is 0.351. The van der Waals surface area contributed by atoms with Crippen LogP contribution in [0.15, 0.2) is 24.3 Å². The summed E-state index contributed by atoms with van der Waals surface area (Å²) in [5.74, 6) is 0.351. The average Bonchev–Trinajstić information content (AvgIpc) is 2.26. The van der Waals surface area contributed by atoms with Crippen LogP contribution in [-0.4, -0.2) is 26.6 Å². The van der Waals surface area contributed by atoms with Gasteiger partial charge in [0, 0.05) is 17.3 Å². The fourth-order valence-corrected chi connectivity index (χ4v) is 3.74. The summed E-state index contributed by atoms with van der Waals surface area (Å²) in [6.07, 6.45) is 0. The van der Waals surface area contributed by atoms with Crippen LogP contribution in [0.4, 0.5) is 0 Å². The normalized spacial score (nSPS) is 15.7. The number of hydrogen-bond donors (Lipinski definition) is 0. The van der Waals surface area contributed by atoms with E-state index in [4.69, 9.17) is 4.52 Å². The van der Waals surface area contributed by atoms with Gasteiger partial charge in [0.25, 0.3) is 0 Å². The van der Waals surface area contributed by atoms with Gasteiger partial charge in [0.1, 0.15) is 7.14 Å². The third kappa shape index (κ3) is 4.39. The van der Waals surface area contributed by atoms with E-state index in [1.165, 1.54) is 0 Å². The monoisotopic (exact) mass is 288 g/mol. The van der Waals surface area contributed by atoms with Crippen LogP contribution in [0.25, 0.3) is 0 Å². The largest absolute Gasteiger partial charge is 0.325 e. The van der Waals surface area contributed by atoms with E-state index in [2.05, 4.69) is 0 Å². The van der Waals surface area contributed by atoms with Crippen molar-refractivity contribution in [3.63, 3.8) is 0 Å². The zero-order valence-electron chi connectivity index (χ0n) is 11.7. The molecule has 0 bridgehead atoms. The first kappa shape index (κ1) is 15.7. The fraction of sp³-hybridized carbons (Fsp3) is 0.538. The predicted molar refractivity (Wildman–Crippen MR) is 79.5 cm³/mol. The maximum absolute atomic E-state index is 12.4. The molecule has 0 heterocycles. The summed E-state index contributed by atoms with van der Waals surface area (Å²) in [6, 6.07) is 7.09. The first-order chi connectivity index (χ1) is 8.13. The standard InChI is InChI=1S/C13H22O3P2/c1-11(2)10-16-18(5,15)13-8-6-12(7-9-13)17(3,4)14/h6-9,11H,10H2,1-5H3. The molecule has 102 valence electrons. The SMILES string of the molecule is CC(C)COP(C)(=O)c1ccc(P(C)(C)=O)cc1. The van der Waals surface area contributed by atoms with E-state index in [0.29, 0.717) is 17.8 Å².